The molecule has 1 aliphatic rings. The van der Waals surface area contributed by atoms with E-state index in [2.05, 4.69) is 288 Å². The minimum Gasteiger partial charge on any atom is -0.456 e. The van der Waals surface area contributed by atoms with Crippen molar-refractivity contribution in [3.05, 3.63) is 279 Å². The maximum Gasteiger partial charge on any atom is 0.182 e. The summed E-state index contributed by atoms with van der Waals surface area (Å²) in [5.74, 6) is 0. The van der Waals surface area contributed by atoms with Gasteiger partial charge >= 0.3 is 0 Å². The maximum atomic E-state index is 6.82. The average Bonchev–Trinajstić information content (AvgIpc) is 4.18. The summed E-state index contributed by atoms with van der Waals surface area (Å²) >= 11 is 1.92. The van der Waals surface area contributed by atoms with Gasteiger partial charge in [0.05, 0.1) is 22.1 Å². The number of para-hydroxylation sites is 4. The molecular weight excluding hydrogens is 969 g/mol. The van der Waals surface area contributed by atoms with Crippen molar-refractivity contribution in [2.75, 3.05) is 0 Å². The third-order valence-corrected chi connectivity index (χ3v) is 22.7. The molecule has 360 valence electrons. The summed E-state index contributed by atoms with van der Waals surface area (Å²) < 4.78 is 11.7. The number of hydrogen-bond donors (Lipinski definition) is 0. The molecule has 1 unspecified atom stereocenters. The first-order valence-electron chi connectivity index (χ1n) is 26.4. The fourth-order valence-electron chi connectivity index (χ4n) is 12.8. The van der Waals surface area contributed by atoms with Gasteiger partial charge in [0.2, 0.25) is 0 Å². The lowest BCUT2D eigenvalue weighted by atomic mass is 9.97. The van der Waals surface area contributed by atoms with Gasteiger partial charge in [-0.15, -0.1) is 0 Å². The predicted octanol–water partition coefficient (Wildman–Crippen LogP) is 16.6. The number of fused-ring (bicyclic) bond motifs is 11. The predicted molar refractivity (Wildman–Crippen MR) is 326 cm³/mol. The van der Waals surface area contributed by atoms with Crippen LogP contribution in [0.4, 0.5) is 0 Å². The molecule has 1 aliphatic heterocycles. The fraction of sp³-hybridized carbons (Fsp3) is 0. The topological polar surface area (TPSA) is 23.0 Å². The molecule has 12 aromatic carbocycles. The molecule has 1 atom stereocenters. The zero-order valence-corrected chi connectivity index (χ0v) is 43.6. The Labute approximate surface area is 450 Å². The Morgan fingerprint density at radius 3 is 1.45 bits per heavy atom. The van der Waals surface area contributed by atoms with Crippen molar-refractivity contribution in [1.82, 2.24) is 9.13 Å². The molecule has 0 fully saturated rings. The van der Waals surface area contributed by atoms with E-state index in [1.54, 1.807) is 0 Å². The van der Waals surface area contributed by atoms with Gasteiger partial charge < -0.3 is 13.6 Å². The second-order valence-electron chi connectivity index (χ2n) is 20.3. The minimum atomic E-state index is -3.23. The molecule has 5 heteroatoms. The van der Waals surface area contributed by atoms with E-state index in [-0.39, 0.29) is 0 Å². The summed E-state index contributed by atoms with van der Waals surface area (Å²) in [4.78, 5) is 2.60. The van der Waals surface area contributed by atoms with Crippen LogP contribution in [0.2, 0.25) is 0 Å². The largest absolute Gasteiger partial charge is 0.456 e. The molecule has 3 nitrogen and oxygen atoms in total. The van der Waals surface area contributed by atoms with E-state index in [4.69, 9.17) is 4.42 Å². The lowest BCUT2D eigenvalue weighted by Gasteiger charge is -2.40. The molecular formula is C72H46N2OSSi. The van der Waals surface area contributed by atoms with Crippen LogP contribution in [0.5, 0.6) is 0 Å². The Bertz CT molecular complexity index is 4750. The van der Waals surface area contributed by atoms with E-state index < -0.39 is 8.07 Å². The minimum absolute atomic E-state index is 0.877. The smallest absolute Gasteiger partial charge is 0.182 e. The first kappa shape index (κ1) is 44.0. The second-order valence-corrected chi connectivity index (χ2v) is 25.1. The SMILES string of the molecule is c1ccc(-c2ccc(-c3cccc(-c4cccc5c4Sc4ccccc4[Si]5(c4cccc(-n5c6ccccc6c6ccccc65)c4)c4ccc5oc6ccc(-n7c8ccccc8c8ccccc87)cc6c5c4)c3)cc2)cc1. The van der Waals surface area contributed by atoms with Crippen molar-refractivity contribution in [2.45, 2.75) is 9.79 Å². The van der Waals surface area contributed by atoms with Crippen LogP contribution in [0.15, 0.2) is 293 Å². The maximum absolute atomic E-state index is 6.82. The van der Waals surface area contributed by atoms with Gasteiger partial charge in [-0.1, -0.05) is 218 Å². The van der Waals surface area contributed by atoms with Crippen molar-refractivity contribution in [1.29, 1.82) is 0 Å². The molecule has 4 heterocycles. The van der Waals surface area contributed by atoms with Gasteiger partial charge in [0.15, 0.2) is 8.07 Å². The summed E-state index contributed by atoms with van der Waals surface area (Å²) in [5.41, 5.74) is 16.1. The van der Waals surface area contributed by atoms with E-state index in [0.29, 0.717) is 0 Å². The molecule has 0 saturated carbocycles. The van der Waals surface area contributed by atoms with Crippen molar-refractivity contribution in [3.8, 4) is 44.8 Å². The van der Waals surface area contributed by atoms with Crippen LogP contribution in [-0.2, 0) is 0 Å². The summed E-state index contributed by atoms with van der Waals surface area (Å²) in [7, 11) is -3.23. The van der Waals surface area contributed by atoms with E-state index in [1.165, 1.54) is 108 Å². The first-order valence-corrected chi connectivity index (χ1v) is 29.2. The molecule has 0 radical (unpaired) electrons. The molecule has 3 aromatic heterocycles. The molecule has 0 N–H and O–H groups in total. The van der Waals surface area contributed by atoms with E-state index >= 15 is 0 Å². The summed E-state index contributed by atoms with van der Waals surface area (Å²) in [6, 6.07) is 104. The zero-order valence-electron chi connectivity index (χ0n) is 41.8. The molecule has 16 rings (SSSR count). The van der Waals surface area contributed by atoms with E-state index in [1.807, 2.05) is 11.8 Å². The molecule has 0 saturated heterocycles. The van der Waals surface area contributed by atoms with Gasteiger partial charge in [-0.05, 0) is 127 Å². The lowest BCUT2D eigenvalue weighted by molar-refractivity contribution is 0.669. The van der Waals surface area contributed by atoms with Crippen LogP contribution in [0.1, 0.15) is 0 Å². The van der Waals surface area contributed by atoms with Gasteiger partial charge in [0.25, 0.3) is 0 Å². The Balaban J connectivity index is 0.942. The Morgan fingerprint density at radius 2 is 0.779 bits per heavy atom. The van der Waals surface area contributed by atoms with Gasteiger partial charge in [0.1, 0.15) is 11.2 Å². The quantitative estimate of drug-likeness (QED) is 0.149. The van der Waals surface area contributed by atoms with Crippen LogP contribution < -0.4 is 20.7 Å². The Kier molecular flexibility index (Phi) is 9.89. The van der Waals surface area contributed by atoms with Crippen molar-refractivity contribution >= 4 is 106 Å². The Hall–Kier alpha value is -9.39. The summed E-state index contributed by atoms with van der Waals surface area (Å²) in [6.07, 6.45) is 0. The van der Waals surface area contributed by atoms with Gasteiger partial charge in [0, 0.05) is 53.5 Å². The Morgan fingerprint density at radius 1 is 0.299 bits per heavy atom. The van der Waals surface area contributed by atoms with Gasteiger partial charge in [-0.2, -0.15) is 0 Å². The first-order chi connectivity index (χ1) is 38.2. The molecule has 77 heavy (non-hydrogen) atoms. The molecule has 0 bridgehead atoms. The summed E-state index contributed by atoms with van der Waals surface area (Å²) in [6.45, 7) is 0. The second kappa shape index (κ2) is 17.3. The third-order valence-electron chi connectivity index (χ3n) is 16.3. The van der Waals surface area contributed by atoms with Crippen LogP contribution >= 0.6 is 11.8 Å². The third kappa shape index (κ3) is 6.71. The molecule has 15 aromatic rings. The molecule has 0 spiro atoms. The normalized spacial score (nSPS) is 14.2. The van der Waals surface area contributed by atoms with Crippen molar-refractivity contribution < 1.29 is 4.42 Å². The zero-order chi connectivity index (χ0) is 50.6. The van der Waals surface area contributed by atoms with Crippen LogP contribution in [0, 0.1) is 0 Å². The molecule has 0 aliphatic carbocycles. The van der Waals surface area contributed by atoms with E-state index in [9.17, 15) is 0 Å². The fourth-order valence-corrected chi connectivity index (χ4v) is 20.0. The highest BCUT2D eigenvalue weighted by atomic mass is 32.2. The summed E-state index contributed by atoms with van der Waals surface area (Å²) in [5, 5.41) is 12.6. The van der Waals surface area contributed by atoms with Crippen LogP contribution in [0.25, 0.3) is 110 Å². The van der Waals surface area contributed by atoms with Gasteiger partial charge in [-0.25, -0.2) is 0 Å². The standard InChI is InChI=1S/C72H46N2OSSi/c1-2-17-47(18-3-1)48-35-37-49(38-36-48)50-19-14-20-51(43-50)56-27-16-34-71-72(56)76-69-32-12-13-33-70(69)77(71,54-22-15-21-52(44-54)73-63-28-8-4-23-57(63)58-24-5-9-29-64(58)73)55-40-42-68-62(46-55)61-45-53(39-41-67(61)75-68)74-65-30-10-6-25-59(65)60-26-7-11-31-66(60)74/h1-46H. The number of nitrogens with zero attached hydrogens (tertiary/aromatic N) is 2. The number of hydrogen-bond acceptors (Lipinski definition) is 2. The monoisotopic (exact) mass is 1010 g/mol. The number of benzene rings is 12. The lowest BCUT2D eigenvalue weighted by Crippen LogP contribution is -2.76. The van der Waals surface area contributed by atoms with Crippen molar-refractivity contribution in [3.63, 3.8) is 0 Å². The highest BCUT2D eigenvalue weighted by molar-refractivity contribution is 8.00. The van der Waals surface area contributed by atoms with Crippen LogP contribution in [-0.4, -0.2) is 17.2 Å². The number of rotatable bonds is 7. The number of furan rings is 1. The average molecular weight is 1020 g/mol. The van der Waals surface area contributed by atoms with Crippen molar-refractivity contribution in [2.24, 2.45) is 0 Å². The number of aromatic nitrogens is 2. The molecule has 0 amide bonds. The van der Waals surface area contributed by atoms with Gasteiger partial charge in [-0.3, -0.25) is 0 Å². The van der Waals surface area contributed by atoms with Crippen LogP contribution in [0.3, 0.4) is 0 Å². The highest BCUT2D eigenvalue weighted by Crippen LogP contribution is 2.42. The highest BCUT2D eigenvalue weighted by Gasteiger charge is 2.48. The van der Waals surface area contributed by atoms with E-state index in [0.717, 1.165) is 33.3 Å².